The van der Waals surface area contributed by atoms with E-state index in [0.717, 1.165) is 0 Å². The van der Waals surface area contributed by atoms with Gasteiger partial charge in [-0.1, -0.05) is 0 Å². The standard InChI is InChI=1S/C18H20N2O5/c1-12(2)25-16-9-4-13(10-19-16)18(23)20(3)14-5-7-15(8-6-14)24-11-17(21)22/h4-10,12H,11H2,1-3H3,(H,21,22). The summed E-state index contributed by atoms with van der Waals surface area (Å²) in [5.41, 5.74) is 1.08. The van der Waals surface area contributed by atoms with Crippen molar-refractivity contribution < 1.29 is 24.2 Å². The Hall–Kier alpha value is -3.09. The lowest BCUT2D eigenvalue weighted by molar-refractivity contribution is -0.139. The molecule has 2 aromatic rings. The second-order valence-corrected chi connectivity index (χ2v) is 5.59. The van der Waals surface area contributed by atoms with Crippen molar-refractivity contribution in [1.82, 2.24) is 4.98 Å². The Labute approximate surface area is 145 Å². The van der Waals surface area contributed by atoms with Gasteiger partial charge in [0, 0.05) is 25.0 Å². The van der Waals surface area contributed by atoms with Crippen LogP contribution < -0.4 is 14.4 Å². The molecule has 1 heterocycles. The topological polar surface area (TPSA) is 89.0 Å². The Bertz CT molecular complexity index is 726. The number of rotatable bonds is 7. The molecule has 0 aliphatic heterocycles. The van der Waals surface area contributed by atoms with Crippen molar-refractivity contribution in [2.75, 3.05) is 18.6 Å². The van der Waals surface area contributed by atoms with Crippen LogP contribution in [0.1, 0.15) is 24.2 Å². The van der Waals surface area contributed by atoms with Gasteiger partial charge in [-0.05, 0) is 44.2 Å². The van der Waals surface area contributed by atoms with Crippen LogP contribution in [-0.2, 0) is 4.79 Å². The zero-order valence-electron chi connectivity index (χ0n) is 14.3. The fraction of sp³-hybridized carbons (Fsp3) is 0.278. The lowest BCUT2D eigenvalue weighted by Gasteiger charge is -2.18. The zero-order valence-corrected chi connectivity index (χ0v) is 14.3. The molecular weight excluding hydrogens is 324 g/mol. The van der Waals surface area contributed by atoms with Crippen LogP contribution in [0.3, 0.4) is 0 Å². The second kappa shape index (κ2) is 8.14. The van der Waals surface area contributed by atoms with E-state index in [1.54, 1.807) is 43.4 Å². The first-order chi connectivity index (χ1) is 11.9. The van der Waals surface area contributed by atoms with Gasteiger partial charge in [0.1, 0.15) is 5.75 Å². The number of carboxylic acids is 1. The Morgan fingerprint density at radius 1 is 1.16 bits per heavy atom. The molecular formula is C18H20N2O5. The number of hydrogen-bond acceptors (Lipinski definition) is 5. The maximum atomic E-state index is 12.5. The van der Waals surface area contributed by atoms with Crippen molar-refractivity contribution in [3.63, 3.8) is 0 Å². The predicted octanol–water partition coefficient (Wildman–Crippen LogP) is 2.61. The third-order valence-corrected chi connectivity index (χ3v) is 3.23. The molecule has 0 spiro atoms. The van der Waals surface area contributed by atoms with Gasteiger partial charge < -0.3 is 19.5 Å². The van der Waals surface area contributed by atoms with Crippen LogP contribution in [0.2, 0.25) is 0 Å². The number of nitrogens with zero attached hydrogens (tertiary/aromatic N) is 2. The van der Waals surface area contributed by atoms with Gasteiger partial charge in [-0.2, -0.15) is 0 Å². The molecule has 1 amide bonds. The minimum atomic E-state index is -1.05. The average molecular weight is 344 g/mol. The van der Waals surface area contributed by atoms with Gasteiger partial charge in [-0.3, -0.25) is 4.79 Å². The number of pyridine rings is 1. The van der Waals surface area contributed by atoms with Crippen molar-refractivity contribution >= 4 is 17.6 Å². The molecule has 25 heavy (non-hydrogen) atoms. The van der Waals surface area contributed by atoms with Crippen LogP contribution in [0.4, 0.5) is 5.69 Å². The largest absolute Gasteiger partial charge is 0.482 e. The number of ether oxygens (including phenoxy) is 2. The van der Waals surface area contributed by atoms with Crippen LogP contribution >= 0.6 is 0 Å². The number of amides is 1. The van der Waals surface area contributed by atoms with Crippen LogP contribution in [0.5, 0.6) is 11.6 Å². The number of anilines is 1. The van der Waals surface area contributed by atoms with E-state index in [4.69, 9.17) is 14.6 Å². The number of carboxylic acid groups (broad SMARTS) is 1. The lowest BCUT2D eigenvalue weighted by Crippen LogP contribution is -2.26. The highest BCUT2D eigenvalue weighted by molar-refractivity contribution is 6.05. The van der Waals surface area contributed by atoms with E-state index in [-0.39, 0.29) is 12.0 Å². The minimum absolute atomic E-state index is 0.0126. The predicted molar refractivity (Wildman–Crippen MR) is 92.3 cm³/mol. The molecule has 7 heteroatoms. The van der Waals surface area contributed by atoms with Crippen molar-refractivity contribution in [3.05, 3.63) is 48.2 Å². The molecule has 0 fully saturated rings. The van der Waals surface area contributed by atoms with Gasteiger partial charge >= 0.3 is 5.97 Å². The first kappa shape index (κ1) is 18.3. The third-order valence-electron chi connectivity index (χ3n) is 3.23. The van der Waals surface area contributed by atoms with Gasteiger partial charge in [0.25, 0.3) is 5.91 Å². The Kier molecular flexibility index (Phi) is 5.94. The molecule has 1 aromatic carbocycles. The van der Waals surface area contributed by atoms with Gasteiger partial charge in [0.2, 0.25) is 5.88 Å². The SMILES string of the molecule is CC(C)Oc1ccc(C(=O)N(C)c2ccc(OCC(=O)O)cc2)cn1. The lowest BCUT2D eigenvalue weighted by atomic mass is 10.2. The Morgan fingerprint density at radius 3 is 2.36 bits per heavy atom. The highest BCUT2D eigenvalue weighted by Gasteiger charge is 2.14. The Balaban J connectivity index is 2.04. The molecule has 1 N–H and O–H groups in total. The maximum Gasteiger partial charge on any atom is 0.341 e. The summed E-state index contributed by atoms with van der Waals surface area (Å²) < 4.78 is 10.5. The number of aromatic nitrogens is 1. The highest BCUT2D eigenvalue weighted by Crippen LogP contribution is 2.20. The van der Waals surface area contributed by atoms with E-state index in [1.807, 2.05) is 13.8 Å². The average Bonchev–Trinajstić information content (AvgIpc) is 2.59. The summed E-state index contributed by atoms with van der Waals surface area (Å²) in [6.07, 6.45) is 1.49. The van der Waals surface area contributed by atoms with E-state index in [2.05, 4.69) is 4.98 Å². The molecule has 1 aromatic heterocycles. The number of carbonyl (C=O) groups is 2. The van der Waals surface area contributed by atoms with E-state index in [1.165, 1.54) is 11.1 Å². The van der Waals surface area contributed by atoms with Crippen molar-refractivity contribution in [1.29, 1.82) is 0 Å². The van der Waals surface area contributed by atoms with E-state index < -0.39 is 12.6 Å². The molecule has 0 saturated carbocycles. The summed E-state index contributed by atoms with van der Waals surface area (Å²) in [5.74, 6) is -0.380. The Morgan fingerprint density at radius 2 is 1.84 bits per heavy atom. The van der Waals surface area contributed by atoms with Crippen molar-refractivity contribution in [3.8, 4) is 11.6 Å². The summed E-state index contributed by atoms with van der Waals surface area (Å²) in [5, 5.41) is 8.59. The molecule has 0 bridgehead atoms. The maximum absolute atomic E-state index is 12.5. The fourth-order valence-corrected chi connectivity index (χ4v) is 2.04. The fourth-order valence-electron chi connectivity index (χ4n) is 2.04. The third kappa shape index (κ3) is 5.20. The second-order valence-electron chi connectivity index (χ2n) is 5.59. The number of aliphatic carboxylic acids is 1. The molecule has 7 nitrogen and oxygen atoms in total. The summed E-state index contributed by atoms with van der Waals surface area (Å²) in [7, 11) is 1.65. The quantitative estimate of drug-likeness (QED) is 0.830. The number of benzene rings is 1. The summed E-state index contributed by atoms with van der Waals surface area (Å²) in [6, 6.07) is 9.90. The monoisotopic (exact) mass is 344 g/mol. The van der Waals surface area contributed by atoms with E-state index in [9.17, 15) is 9.59 Å². The molecule has 0 unspecified atom stereocenters. The molecule has 0 aliphatic carbocycles. The molecule has 0 aliphatic rings. The molecule has 0 radical (unpaired) electrons. The van der Waals surface area contributed by atoms with E-state index >= 15 is 0 Å². The molecule has 0 atom stereocenters. The van der Waals surface area contributed by atoms with Crippen LogP contribution in [0.15, 0.2) is 42.6 Å². The normalized spacial score (nSPS) is 10.4. The molecule has 0 saturated heterocycles. The highest BCUT2D eigenvalue weighted by atomic mass is 16.5. The first-order valence-electron chi connectivity index (χ1n) is 7.72. The van der Waals surface area contributed by atoms with Crippen LogP contribution in [0.25, 0.3) is 0 Å². The molecule has 2 rings (SSSR count). The first-order valence-corrected chi connectivity index (χ1v) is 7.72. The minimum Gasteiger partial charge on any atom is -0.482 e. The van der Waals surface area contributed by atoms with Gasteiger partial charge in [-0.15, -0.1) is 0 Å². The number of carbonyl (C=O) groups excluding carboxylic acids is 1. The van der Waals surface area contributed by atoms with Gasteiger partial charge in [-0.25, -0.2) is 9.78 Å². The zero-order chi connectivity index (χ0) is 18.4. The molecule has 132 valence electrons. The summed E-state index contributed by atoms with van der Waals surface area (Å²) in [4.78, 5) is 28.6. The summed E-state index contributed by atoms with van der Waals surface area (Å²) in [6.45, 7) is 3.39. The summed E-state index contributed by atoms with van der Waals surface area (Å²) >= 11 is 0. The van der Waals surface area contributed by atoms with Gasteiger partial charge in [0.15, 0.2) is 6.61 Å². The van der Waals surface area contributed by atoms with Crippen molar-refractivity contribution in [2.45, 2.75) is 20.0 Å². The van der Waals surface area contributed by atoms with Gasteiger partial charge in [0.05, 0.1) is 11.7 Å². The van der Waals surface area contributed by atoms with Crippen LogP contribution in [0, 0.1) is 0 Å². The number of hydrogen-bond donors (Lipinski definition) is 1. The van der Waals surface area contributed by atoms with Crippen LogP contribution in [-0.4, -0.2) is 41.7 Å². The smallest absolute Gasteiger partial charge is 0.341 e. The van der Waals surface area contributed by atoms with E-state index in [0.29, 0.717) is 22.9 Å². The van der Waals surface area contributed by atoms with Crippen molar-refractivity contribution in [2.24, 2.45) is 0 Å².